The highest BCUT2D eigenvalue weighted by molar-refractivity contribution is 5.83. The molecular weight excluding hydrogens is 261 g/mol. The van der Waals surface area contributed by atoms with Gasteiger partial charge >= 0.3 is 24.0 Å². The van der Waals surface area contributed by atoms with Gasteiger partial charge in [0.1, 0.15) is 0 Å². The summed E-state index contributed by atoms with van der Waals surface area (Å²) in [5.41, 5.74) is -7.42. The number of esters is 1. The molecule has 9 heteroatoms. The molecule has 0 aliphatic heterocycles. The largest absolute Gasteiger partial charge is 0.466 e. The summed E-state index contributed by atoms with van der Waals surface area (Å²) in [6.07, 6.45) is -12.6. The lowest BCUT2D eigenvalue weighted by atomic mass is 9.95. The number of halogens is 7. The Balaban J connectivity index is 5.68. The van der Waals surface area contributed by atoms with Gasteiger partial charge in [-0.1, -0.05) is 0 Å². The highest BCUT2D eigenvalue weighted by Crippen LogP contribution is 2.50. The van der Waals surface area contributed by atoms with Crippen LogP contribution in [0.2, 0.25) is 0 Å². The summed E-state index contributed by atoms with van der Waals surface area (Å²) in [5, 5.41) is 0. The molecule has 17 heavy (non-hydrogen) atoms. The number of allylic oxidation sites excluding steroid dienone is 1. The van der Waals surface area contributed by atoms with Crippen molar-refractivity contribution in [2.75, 3.05) is 7.11 Å². The van der Waals surface area contributed by atoms with Crippen LogP contribution in [0, 0.1) is 0 Å². The van der Waals surface area contributed by atoms with Gasteiger partial charge in [-0.3, -0.25) is 0 Å². The molecule has 0 N–H and O–H groups in total. The lowest BCUT2D eigenvalue weighted by Crippen LogP contribution is -2.54. The van der Waals surface area contributed by atoms with E-state index in [1.165, 1.54) is 0 Å². The van der Waals surface area contributed by atoms with Crippen LogP contribution in [-0.2, 0) is 9.53 Å². The van der Waals surface area contributed by atoms with Crippen molar-refractivity contribution in [2.24, 2.45) is 0 Å². The number of methoxy groups -OCH3 is 1. The molecule has 0 aliphatic carbocycles. The van der Waals surface area contributed by atoms with Crippen molar-refractivity contribution in [3.63, 3.8) is 0 Å². The predicted molar refractivity (Wildman–Crippen MR) is 41.7 cm³/mol. The van der Waals surface area contributed by atoms with Crippen molar-refractivity contribution >= 4 is 5.97 Å². The first-order chi connectivity index (χ1) is 7.38. The molecule has 0 radical (unpaired) electrons. The van der Waals surface area contributed by atoms with E-state index in [-0.39, 0.29) is 13.0 Å². The van der Waals surface area contributed by atoms with Crippen LogP contribution >= 0.6 is 0 Å². The second kappa shape index (κ2) is 4.53. The van der Waals surface area contributed by atoms with E-state index in [0.717, 1.165) is 7.11 Å². The maximum absolute atomic E-state index is 13.2. The van der Waals surface area contributed by atoms with E-state index in [2.05, 4.69) is 4.74 Å². The Kier molecular flexibility index (Phi) is 4.19. The van der Waals surface area contributed by atoms with Crippen LogP contribution in [0.5, 0.6) is 0 Å². The third-order valence-electron chi connectivity index (χ3n) is 1.86. The van der Waals surface area contributed by atoms with Crippen LogP contribution in [0.15, 0.2) is 11.6 Å². The molecule has 0 rings (SSSR count). The van der Waals surface area contributed by atoms with Crippen molar-refractivity contribution in [2.45, 2.75) is 24.9 Å². The predicted octanol–water partition coefficient (Wildman–Crippen LogP) is 2.94. The molecule has 0 aromatic rings. The van der Waals surface area contributed by atoms with Crippen molar-refractivity contribution in [1.82, 2.24) is 0 Å². The molecule has 0 aromatic heterocycles. The zero-order valence-corrected chi connectivity index (χ0v) is 8.54. The minimum absolute atomic E-state index is 0.193. The van der Waals surface area contributed by atoms with Crippen molar-refractivity contribution in [1.29, 1.82) is 0 Å². The zero-order valence-electron chi connectivity index (χ0n) is 8.54. The Morgan fingerprint density at radius 3 is 1.59 bits per heavy atom. The number of carbonyl (C=O) groups excluding carboxylic acids is 1. The smallest absolute Gasteiger partial charge is 0.435 e. The first kappa shape index (κ1) is 15.7. The average Bonchev–Trinajstić information content (AvgIpc) is 2.12. The monoisotopic (exact) mass is 268 g/mol. The molecule has 100 valence electrons. The fourth-order valence-corrected chi connectivity index (χ4v) is 0.943. The lowest BCUT2D eigenvalue weighted by Gasteiger charge is -2.30. The van der Waals surface area contributed by atoms with Gasteiger partial charge in [-0.25, -0.2) is 9.18 Å². The molecule has 0 unspecified atom stereocenters. The Bertz CT molecular complexity index is 312. The second-order valence-corrected chi connectivity index (χ2v) is 3.00. The lowest BCUT2D eigenvalue weighted by molar-refractivity contribution is -0.326. The molecule has 0 spiro atoms. The normalized spacial score (nSPS) is 14.8. The van der Waals surface area contributed by atoms with Gasteiger partial charge in [0.15, 0.2) is 0 Å². The molecule has 0 aliphatic rings. The van der Waals surface area contributed by atoms with Crippen LogP contribution in [-0.4, -0.2) is 31.1 Å². The van der Waals surface area contributed by atoms with Gasteiger partial charge in [0.25, 0.3) is 0 Å². The van der Waals surface area contributed by atoms with Gasteiger partial charge in [-0.15, -0.1) is 0 Å². The fourth-order valence-electron chi connectivity index (χ4n) is 0.943. The van der Waals surface area contributed by atoms with Gasteiger partial charge in [0.2, 0.25) is 0 Å². The number of ether oxygens (including phenoxy) is 1. The van der Waals surface area contributed by atoms with Crippen molar-refractivity contribution in [3.8, 4) is 0 Å². The molecule has 0 amide bonds. The first-order valence-corrected chi connectivity index (χ1v) is 3.97. The number of rotatable bonds is 2. The minimum Gasteiger partial charge on any atom is -0.466 e. The summed E-state index contributed by atoms with van der Waals surface area (Å²) in [5.74, 6) is -1.52. The average molecular weight is 268 g/mol. The summed E-state index contributed by atoms with van der Waals surface area (Å²) in [7, 11) is 0.729. The number of carbonyl (C=O) groups is 1. The highest BCUT2D eigenvalue weighted by Gasteiger charge is 2.73. The third-order valence-corrected chi connectivity index (χ3v) is 1.86. The summed E-state index contributed by atoms with van der Waals surface area (Å²) < 4.78 is 89.7. The molecule has 0 fully saturated rings. The van der Waals surface area contributed by atoms with E-state index >= 15 is 0 Å². The van der Waals surface area contributed by atoms with E-state index in [1.54, 1.807) is 0 Å². The highest BCUT2D eigenvalue weighted by atomic mass is 19.4. The van der Waals surface area contributed by atoms with Gasteiger partial charge in [0, 0.05) is 6.08 Å². The quantitative estimate of drug-likeness (QED) is 0.437. The van der Waals surface area contributed by atoms with E-state index in [0.29, 0.717) is 0 Å². The summed E-state index contributed by atoms with van der Waals surface area (Å²) in [6.45, 7) is 0.206. The molecule has 0 saturated carbocycles. The van der Waals surface area contributed by atoms with Crippen LogP contribution < -0.4 is 0 Å². The summed E-state index contributed by atoms with van der Waals surface area (Å²) in [4.78, 5) is 10.5. The first-order valence-electron chi connectivity index (χ1n) is 3.97. The van der Waals surface area contributed by atoms with Crippen LogP contribution in [0.1, 0.15) is 6.92 Å². The van der Waals surface area contributed by atoms with Gasteiger partial charge in [-0.2, -0.15) is 26.3 Å². The summed E-state index contributed by atoms with van der Waals surface area (Å²) in [6, 6.07) is 0. The van der Waals surface area contributed by atoms with Crippen molar-refractivity contribution in [3.05, 3.63) is 11.6 Å². The number of alkyl halides is 7. The standard InChI is InChI=1S/C8H7F7O2/c1-4(3-5(16)17-2)6(9,7(10,11)12)8(13,14)15/h3H,1-2H3. The molecule has 0 bridgehead atoms. The van der Waals surface area contributed by atoms with E-state index in [4.69, 9.17) is 0 Å². The number of hydrogen-bond donors (Lipinski definition) is 0. The van der Waals surface area contributed by atoms with Crippen LogP contribution in [0.3, 0.4) is 0 Å². The Labute approximate surface area is 91.0 Å². The van der Waals surface area contributed by atoms with Gasteiger partial charge in [-0.05, 0) is 12.5 Å². The van der Waals surface area contributed by atoms with E-state index in [1.807, 2.05) is 0 Å². The molecule has 2 nitrogen and oxygen atoms in total. The Morgan fingerprint density at radius 1 is 1.00 bits per heavy atom. The Hall–Kier alpha value is -1.28. The molecule has 0 saturated heterocycles. The maximum atomic E-state index is 13.2. The Morgan fingerprint density at radius 2 is 1.35 bits per heavy atom. The SMILES string of the molecule is COC(=O)C=C(C)C(F)(C(F)(F)F)C(F)(F)F. The summed E-state index contributed by atoms with van der Waals surface area (Å²) >= 11 is 0. The molecule has 0 atom stereocenters. The van der Waals surface area contributed by atoms with Crippen LogP contribution in [0.25, 0.3) is 0 Å². The third kappa shape index (κ3) is 2.89. The topological polar surface area (TPSA) is 26.3 Å². The minimum atomic E-state index is -6.22. The molecule has 0 aromatic carbocycles. The van der Waals surface area contributed by atoms with Gasteiger partial charge in [0.05, 0.1) is 7.11 Å². The number of hydrogen-bond acceptors (Lipinski definition) is 2. The van der Waals surface area contributed by atoms with Crippen molar-refractivity contribution < 1.29 is 40.3 Å². The zero-order chi connectivity index (χ0) is 14.1. The molecule has 0 heterocycles. The van der Waals surface area contributed by atoms with E-state index in [9.17, 15) is 35.5 Å². The second-order valence-electron chi connectivity index (χ2n) is 3.00. The van der Waals surface area contributed by atoms with Crippen LogP contribution in [0.4, 0.5) is 30.7 Å². The molecular formula is C8H7F7O2. The maximum Gasteiger partial charge on any atom is 0.435 e. The fraction of sp³-hybridized carbons (Fsp3) is 0.625. The van der Waals surface area contributed by atoms with Gasteiger partial charge < -0.3 is 4.74 Å². The van der Waals surface area contributed by atoms with E-state index < -0.39 is 29.6 Å².